The van der Waals surface area contributed by atoms with Gasteiger partial charge in [0.2, 0.25) is 0 Å². The Labute approximate surface area is 185 Å². The van der Waals surface area contributed by atoms with Crippen LogP contribution in [0, 0.1) is 29.6 Å². The molecule has 170 valence electrons. The summed E-state index contributed by atoms with van der Waals surface area (Å²) in [6, 6.07) is 0. The Hall–Kier alpha value is -1.88. The van der Waals surface area contributed by atoms with Crippen LogP contribution in [0.1, 0.15) is 66.2 Å². The van der Waals surface area contributed by atoms with E-state index < -0.39 is 17.9 Å². The van der Waals surface area contributed by atoms with E-state index in [2.05, 4.69) is 32.6 Å². The Morgan fingerprint density at radius 3 is 2.39 bits per heavy atom. The van der Waals surface area contributed by atoms with Crippen molar-refractivity contribution in [3.8, 4) is 0 Å². The lowest BCUT2D eigenvalue weighted by Gasteiger charge is -2.37. The molecule has 5 aliphatic carbocycles. The number of ether oxygens (including phenoxy) is 3. The Morgan fingerprint density at radius 2 is 1.77 bits per heavy atom. The maximum Gasteiger partial charge on any atom is 0.330 e. The standard InChI is InChI=1S/C26H36O5/c1-6-23(27)31-26(5)13-20-11-21(14-26)22(12-20)25(28)30-17(4)29-24-15(2)7-18-9-19(10-18)8-16(24)3/h6-8,15-17,20-22,24H,1,9-14H2,2-5H3. The topological polar surface area (TPSA) is 61.8 Å². The van der Waals surface area contributed by atoms with Gasteiger partial charge in [0.15, 0.2) is 6.29 Å². The molecular weight excluding hydrogens is 392 g/mol. The number of fused-ring (bicyclic) bond motifs is 6. The van der Waals surface area contributed by atoms with Gasteiger partial charge in [0.05, 0.1) is 12.0 Å². The highest BCUT2D eigenvalue weighted by atomic mass is 16.7. The van der Waals surface area contributed by atoms with E-state index in [-0.39, 0.29) is 35.7 Å². The van der Waals surface area contributed by atoms with Crippen molar-refractivity contribution in [1.82, 2.24) is 0 Å². The molecule has 0 aliphatic heterocycles. The predicted molar refractivity (Wildman–Crippen MR) is 118 cm³/mol. The summed E-state index contributed by atoms with van der Waals surface area (Å²) in [5.74, 6) is 0.419. The van der Waals surface area contributed by atoms with Crippen LogP contribution in [0.5, 0.6) is 0 Å². The molecule has 0 saturated heterocycles. The van der Waals surface area contributed by atoms with Crippen LogP contribution in [0.4, 0.5) is 0 Å². The number of rotatable bonds is 6. The van der Waals surface area contributed by atoms with Gasteiger partial charge in [0, 0.05) is 17.9 Å². The van der Waals surface area contributed by atoms with Crippen molar-refractivity contribution in [3.63, 3.8) is 0 Å². The lowest BCUT2D eigenvalue weighted by atomic mass is 9.76. The Balaban J connectivity index is 1.34. The second-order valence-corrected chi connectivity index (χ2v) is 10.5. The van der Waals surface area contributed by atoms with Crippen LogP contribution < -0.4 is 0 Å². The third-order valence-electron chi connectivity index (χ3n) is 7.60. The molecule has 7 unspecified atom stereocenters. The summed E-state index contributed by atoms with van der Waals surface area (Å²) in [5, 5.41) is 0. The minimum absolute atomic E-state index is 0.00202. The van der Waals surface area contributed by atoms with E-state index in [0.29, 0.717) is 12.3 Å². The number of hydrogen-bond donors (Lipinski definition) is 0. The van der Waals surface area contributed by atoms with Crippen LogP contribution in [0.3, 0.4) is 0 Å². The van der Waals surface area contributed by atoms with Gasteiger partial charge in [-0.05, 0) is 64.2 Å². The zero-order valence-electron chi connectivity index (χ0n) is 19.3. The van der Waals surface area contributed by atoms with Crippen molar-refractivity contribution < 1.29 is 23.8 Å². The molecule has 0 aromatic carbocycles. The zero-order valence-corrected chi connectivity index (χ0v) is 19.3. The molecule has 0 N–H and O–H groups in total. The Morgan fingerprint density at radius 1 is 1.13 bits per heavy atom. The van der Waals surface area contributed by atoms with Gasteiger partial charge in [-0.3, -0.25) is 4.79 Å². The number of carbonyl (C=O) groups is 2. The second-order valence-electron chi connectivity index (χ2n) is 10.5. The summed E-state index contributed by atoms with van der Waals surface area (Å²) in [6.45, 7) is 11.7. The molecule has 4 bridgehead atoms. The largest absolute Gasteiger partial charge is 0.456 e. The molecule has 7 atom stereocenters. The van der Waals surface area contributed by atoms with Gasteiger partial charge >= 0.3 is 11.9 Å². The molecule has 0 aromatic heterocycles. The van der Waals surface area contributed by atoms with E-state index in [9.17, 15) is 9.59 Å². The molecule has 0 amide bonds. The monoisotopic (exact) mass is 428 g/mol. The third kappa shape index (κ3) is 4.82. The van der Waals surface area contributed by atoms with Gasteiger partial charge in [-0.1, -0.05) is 43.7 Å². The van der Waals surface area contributed by atoms with Gasteiger partial charge < -0.3 is 14.2 Å². The number of carbonyl (C=O) groups excluding carboxylic acids is 2. The minimum atomic E-state index is -0.583. The lowest BCUT2D eigenvalue weighted by molar-refractivity contribution is -0.197. The van der Waals surface area contributed by atoms with Gasteiger partial charge in [-0.15, -0.1) is 0 Å². The van der Waals surface area contributed by atoms with Gasteiger partial charge in [0.25, 0.3) is 0 Å². The van der Waals surface area contributed by atoms with Crippen LogP contribution in [-0.2, 0) is 23.8 Å². The zero-order chi connectivity index (χ0) is 22.3. The second kappa shape index (κ2) is 8.57. The molecule has 5 heteroatoms. The van der Waals surface area contributed by atoms with Crippen molar-refractivity contribution in [2.75, 3.05) is 0 Å². The van der Waals surface area contributed by atoms with E-state index >= 15 is 0 Å². The van der Waals surface area contributed by atoms with Crippen LogP contribution in [-0.4, -0.2) is 29.9 Å². The van der Waals surface area contributed by atoms with E-state index in [0.717, 1.165) is 32.1 Å². The lowest BCUT2D eigenvalue weighted by Crippen LogP contribution is -2.39. The van der Waals surface area contributed by atoms with E-state index in [1.807, 2.05) is 13.8 Å². The van der Waals surface area contributed by atoms with Gasteiger partial charge in [0.1, 0.15) is 5.60 Å². The van der Waals surface area contributed by atoms with Crippen molar-refractivity contribution in [3.05, 3.63) is 36.0 Å². The highest BCUT2D eigenvalue weighted by Crippen LogP contribution is 2.51. The van der Waals surface area contributed by atoms with Gasteiger partial charge in [-0.2, -0.15) is 0 Å². The fourth-order valence-electron chi connectivity index (χ4n) is 6.46. The molecule has 0 aromatic rings. The summed E-state index contributed by atoms with van der Waals surface area (Å²) in [5.41, 5.74) is 2.45. The molecule has 0 heterocycles. The highest BCUT2D eigenvalue weighted by molar-refractivity contribution is 5.81. The van der Waals surface area contributed by atoms with Crippen LogP contribution in [0.25, 0.3) is 0 Å². The highest BCUT2D eigenvalue weighted by Gasteiger charge is 2.50. The smallest absolute Gasteiger partial charge is 0.330 e. The first-order chi connectivity index (χ1) is 14.7. The SMILES string of the molecule is C=CC(=O)OC1(C)CC2CC(C1)C(C(=O)OC(C)OC1C(C)C=C3CC(=CC1C)C3)C2. The maximum absolute atomic E-state index is 13.0. The Kier molecular flexibility index (Phi) is 6.17. The summed E-state index contributed by atoms with van der Waals surface area (Å²) >= 11 is 0. The summed E-state index contributed by atoms with van der Waals surface area (Å²) < 4.78 is 17.7. The maximum atomic E-state index is 13.0. The number of esters is 2. The molecule has 5 aliphatic rings. The van der Waals surface area contributed by atoms with Crippen LogP contribution >= 0.6 is 0 Å². The average molecular weight is 429 g/mol. The van der Waals surface area contributed by atoms with Crippen molar-refractivity contribution in [2.45, 2.75) is 84.2 Å². The fourth-order valence-corrected chi connectivity index (χ4v) is 6.46. The van der Waals surface area contributed by atoms with Crippen molar-refractivity contribution >= 4 is 11.9 Å². The van der Waals surface area contributed by atoms with E-state index in [1.165, 1.54) is 17.2 Å². The summed E-state index contributed by atoms with van der Waals surface area (Å²) in [4.78, 5) is 24.8. The van der Waals surface area contributed by atoms with E-state index in [1.54, 1.807) is 0 Å². The quantitative estimate of drug-likeness (QED) is 0.254. The fraction of sp³-hybridized carbons (Fsp3) is 0.692. The first-order valence-electron chi connectivity index (χ1n) is 11.8. The van der Waals surface area contributed by atoms with Gasteiger partial charge in [-0.25, -0.2) is 4.79 Å². The molecule has 5 rings (SSSR count). The molecule has 3 fully saturated rings. The molecular formula is C26H36O5. The normalized spacial score (nSPS) is 39.7. The molecule has 0 spiro atoms. The third-order valence-corrected chi connectivity index (χ3v) is 7.60. The predicted octanol–water partition coefficient (Wildman–Crippen LogP) is 5.12. The molecule has 0 radical (unpaired) electrons. The first-order valence-corrected chi connectivity index (χ1v) is 11.8. The molecule has 3 saturated carbocycles. The summed E-state index contributed by atoms with van der Waals surface area (Å²) in [6.07, 6.45) is 10.8. The van der Waals surface area contributed by atoms with E-state index in [4.69, 9.17) is 14.2 Å². The van der Waals surface area contributed by atoms with Crippen molar-refractivity contribution in [2.24, 2.45) is 29.6 Å². The molecule has 5 nitrogen and oxygen atoms in total. The molecule has 31 heavy (non-hydrogen) atoms. The van der Waals surface area contributed by atoms with Crippen LogP contribution in [0.2, 0.25) is 0 Å². The first kappa shape index (κ1) is 22.3. The summed E-state index contributed by atoms with van der Waals surface area (Å²) in [7, 11) is 0. The number of hydrogen-bond acceptors (Lipinski definition) is 5. The average Bonchev–Trinajstić information content (AvgIpc) is 2.97. The van der Waals surface area contributed by atoms with Crippen molar-refractivity contribution in [1.29, 1.82) is 0 Å². The Bertz CT molecular complexity index is 777. The van der Waals surface area contributed by atoms with Crippen LogP contribution in [0.15, 0.2) is 36.0 Å². The number of allylic oxidation sites excluding steroid dienone is 2. The minimum Gasteiger partial charge on any atom is -0.456 e.